The number of furan rings is 1. The fourth-order valence-electron chi connectivity index (χ4n) is 3.11. The summed E-state index contributed by atoms with van der Waals surface area (Å²) in [6.07, 6.45) is 4.14. The summed E-state index contributed by atoms with van der Waals surface area (Å²) in [7, 11) is 3.48. The van der Waals surface area contributed by atoms with Crippen LogP contribution in [0.3, 0.4) is 0 Å². The van der Waals surface area contributed by atoms with Crippen molar-refractivity contribution >= 4 is 33.7 Å². The summed E-state index contributed by atoms with van der Waals surface area (Å²) in [6.45, 7) is 1.02. The highest BCUT2D eigenvalue weighted by molar-refractivity contribution is 6.31. The van der Waals surface area contributed by atoms with Crippen molar-refractivity contribution in [3.63, 3.8) is 0 Å². The van der Waals surface area contributed by atoms with Crippen molar-refractivity contribution in [2.75, 3.05) is 13.7 Å². The second-order valence-electron chi connectivity index (χ2n) is 6.02. The first-order chi connectivity index (χ1) is 12.6. The number of fused-ring (bicyclic) bond motifs is 3. The van der Waals surface area contributed by atoms with Crippen LogP contribution in [0.25, 0.3) is 33.6 Å². The number of rotatable bonds is 5. The molecular formula is C18H17ClN4O3. The summed E-state index contributed by atoms with van der Waals surface area (Å²) < 4.78 is 14.6. The fraction of sp³-hybridized carbons (Fsp3) is 0.278. The number of hydrogen-bond donors (Lipinski definition) is 0. The van der Waals surface area contributed by atoms with Gasteiger partial charge in [-0.05, 0) is 24.6 Å². The molecule has 0 saturated heterocycles. The van der Waals surface area contributed by atoms with Gasteiger partial charge in [-0.2, -0.15) is 4.98 Å². The molecule has 0 aliphatic carbocycles. The van der Waals surface area contributed by atoms with Crippen molar-refractivity contribution in [1.29, 1.82) is 0 Å². The van der Waals surface area contributed by atoms with Crippen LogP contribution in [0.4, 0.5) is 0 Å². The Morgan fingerprint density at radius 3 is 2.92 bits per heavy atom. The molecule has 0 N–H and O–H groups in total. The number of hydrogen-bond acceptors (Lipinski definition) is 5. The molecule has 1 aromatic carbocycles. The third-order valence-electron chi connectivity index (χ3n) is 4.31. The van der Waals surface area contributed by atoms with Crippen LogP contribution in [0.5, 0.6) is 0 Å². The van der Waals surface area contributed by atoms with Crippen molar-refractivity contribution in [3.05, 3.63) is 46.1 Å². The molecule has 0 saturated carbocycles. The van der Waals surface area contributed by atoms with Gasteiger partial charge in [0.15, 0.2) is 17.1 Å². The van der Waals surface area contributed by atoms with E-state index >= 15 is 0 Å². The molecule has 26 heavy (non-hydrogen) atoms. The Bertz CT molecular complexity index is 1160. The first-order valence-electron chi connectivity index (χ1n) is 8.19. The van der Waals surface area contributed by atoms with E-state index in [4.69, 9.17) is 20.8 Å². The molecule has 4 aromatic rings. The van der Waals surface area contributed by atoms with E-state index in [1.165, 1.54) is 0 Å². The van der Waals surface area contributed by atoms with E-state index in [-0.39, 0.29) is 5.69 Å². The molecule has 7 nitrogen and oxygen atoms in total. The lowest BCUT2D eigenvalue weighted by Crippen LogP contribution is -2.24. The molecule has 0 aliphatic rings. The first kappa shape index (κ1) is 16.8. The molecule has 0 spiro atoms. The predicted molar refractivity (Wildman–Crippen MR) is 99.5 cm³/mol. The fourth-order valence-corrected chi connectivity index (χ4v) is 3.28. The van der Waals surface area contributed by atoms with E-state index in [0.717, 1.165) is 5.39 Å². The van der Waals surface area contributed by atoms with Crippen molar-refractivity contribution < 1.29 is 9.15 Å². The van der Waals surface area contributed by atoms with Gasteiger partial charge in [-0.15, -0.1) is 0 Å². The number of halogens is 1. The number of aromatic nitrogens is 4. The van der Waals surface area contributed by atoms with Crippen LogP contribution in [0.2, 0.25) is 5.02 Å². The second-order valence-corrected chi connectivity index (χ2v) is 6.46. The minimum Gasteiger partial charge on any atom is -0.452 e. The average Bonchev–Trinajstić information content (AvgIpc) is 3.20. The number of imidazole rings is 1. The first-order valence-corrected chi connectivity index (χ1v) is 8.57. The predicted octanol–water partition coefficient (Wildman–Crippen LogP) is 3.23. The van der Waals surface area contributed by atoms with E-state index in [0.29, 0.717) is 52.8 Å². The van der Waals surface area contributed by atoms with Crippen LogP contribution in [-0.4, -0.2) is 32.8 Å². The average molecular weight is 373 g/mol. The van der Waals surface area contributed by atoms with Crippen molar-refractivity contribution in [3.8, 4) is 11.5 Å². The molecule has 0 unspecified atom stereocenters. The molecule has 0 atom stereocenters. The van der Waals surface area contributed by atoms with Gasteiger partial charge in [0.05, 0.1) is 0 Å². The molecule has 0 bridgehead atoms. The highest BCUT2D eigenvalue weighted by atomic mass is 35.5. The Kier molecular flexibility index (Phi) is 4.26. The van der Waals surface area contributed by atoms with Crippen LogP contribution < -0.4 is 5.69 Å². The largest absolute Gasteiger partial charge is 0.452 e. The van der Waals surface area contributed by atoms with Gasteiger partial charge in [-0.1, -0.05) is 11.6 Å². The summed E-state index contributed by atoms with van der Waals surface area (Å²) in [4.78, 5) is 21.4. The second kappa shape index (κ2) is 6.59. The van der Waals surface area contributed by atoms with Gasteiger partial charge >= 0.3 is 5.69 Å². The summed E-state index contributed by atoms with van der Waals surface area (Å²) in [5.41, 5.74) is 1.92. The highest BCUT2D eigenvalue weighted by Crippen LogP contribution is 2.34. The van der Waals surface area contributed by atoms with Gasteiger partial charge in [0.25, 0.3) is 0 Å². The van der Waals surface area contributed by atoms with E-state index in [1.54, 1.807) is 46.8 Å². The zero-order valence-electron chi connectivity index (χ0n) is 14.4. The third-order valence-corrected chi connectivity index (χ3v) is 4.55. The maximum absolute atomic E-state index is 12.8. The smallest absolute Gasteiger partial charge is 0.348 e. The van der Waals surface area contributed by atoms with Gasteiger partial charge < -0.3 is 13.7 Å². The number of aryl methyl sites for hydroxylation is 2. The number of benzene rings is 1. The van der Waals surface area contributed by atoms with Crippen LogP contribution >= 0.6 is 11.6 Å². The summed E-state index contributed by atoms with van der Waals surface area (Å²) in [5, 5.41) is 1.35. The maximum Gasteiger partial charge on any atom is 0.348 e. The number of ether oxygens (including phenoxy) is 1. The SMILES string of the molecule is COCCCn1c(=O)nc(-c2nccn2C)c2oc3ccc(Cl)cc3c21. The zero-order valence-corrected chi connectivity index (χ0v) is 15.2. The minimum absolute atomic E-state index is 0.353. The topological polar surface area (TPSA) is 75.1 Å². The molecule has 0 aliphatic heterocycles. The summed E-state index contributed by atoms with van der Waals surface area (Å²) >= 11 is 6.18. The Morgan fingerprint density at radius 1 is 1.35 bits per heavy atom. The van der Waals surface area contributed by atoms with E-state index in [2.05, 4.69) is 9.97 Å². The molecule has 4 rings (SSSR count). The van der Waals surface area contributed by atoms with E-state index < -0.39 is 0 Å². The van der Waals surface area contributed by atoms with Crippen LogP contribution in [0.1, 0.15) is 6.42 Å². The van der Waals surface area contributed by atoms with Gasteiger partial charge in [0, 0.05) is 50.1 Å². The van der Waals surface area contributed by atoms with Gasteiger partial charge in [0.1, 0.15) is 11.1 Å². The Balaban J connectivity index is 2.07. The highest BCUT2D eigenvalue weighted by Gasteiger charge is 2.21. The maximum atomic E-state index is 12.8. The molecule has 8 heteroatoms. The molecule has 3 aromatic heterocycles. The summed E-state index contributed by atoms with van der Waals surface area (Å²) in [5.74, 6) is 0.571. The van der Waals surface area contributed by atoms with Crippen molar-refractivity contribution in [2.24, 2.45) is 7.05 Å². The Morgan fingerprint density at radius 2 is 2.19 bits per heavy atom. The van der Waals surface area contributed by atoms with Crippen molar-refractivity contribution in [2.45, 2.75) is 13.0 Å². The lowest BCUT2D eigenvalue weighted by molar-refractivity contribution is 0.190. The standard InChI is InChI=1S/C18H17ClN4O3/c1-22-8-6-20-17(22)14-16-15(12-10-11(19)4-5-13(12)26-16)23(18(24)21-14)7-3-9-25-2/h4-6,8,10H,3,7,9H2,1-2H3. The molecule has 134 valence electrons. The van der Waals surface area contributed by atoms with Gasteiger partial charge in [-0.25, -0.2) is 9.78 Å². The number of nitrogens with zero attached hydrogens (tertiary/aromatic N) is 4. The number of methoxy groups -OCH3 is 1. The van der Waals surface area contributed by atoms with Crippen LogP contribution in [-0.2, 0) is 18.3 Å². The van der Waals surface area contributed by atoms with Crippen molar-refractivity contribution in [1.82, 2.24) is 19.1 Å². The van der Waals surface area contributed by atoms with Gasteiger partial charge in [-0.3, -0.25) is 4.57 Å². The lowest BCUT2D eigenvalue weighted by atomic mass is 10.2. The van der Waals surface area contributed by atoms with E-state index in [9.17, 15) is 4.79 Å². The molecular weight excluding hydrogens is 356 g/mol. The molecule has 0 amide bonds. The normalized spacial score (nSPS) is 11.7. The van der Waals surface area contributed by atoms with Gasteiger partial charge in [0.2, 0.25) is 0 Å². The van der Waals surface area contributed by atoms with Crippen LogP contribution in [0.15, 0.2) is 39.8 Å². The zero-order chi connectivity index (χ0) is 18.3. The van der Waals surface area contributed by atoms with Crippen LogP contribution in [0, 0.1) is 0 Å². The Hall–Kier alpha value is -2.64. The quantitative estimate of drug-likeness (QED) is 0.503. The molecule has 0 radical (unpaired) electrons. The molecule has 3 heterocycles. The summed E-state index contributed by atoms with van der Waals surface area (Å²) in [6, 6.07) is 5.36. The Labute approximate surface area is 153 Å². The van der Waals surface area contributed by atoms with E-state index in [1.807, 2.05) is 7.05 Å². The molecule has 0 fully saturated rings. The monoisotopic (exact) mass is 372 g/mol. The minimum atomic E-state index is -0.353. The lowest BCUT2D eigenvalue weighted by Gasteiger charge is -2.09. The third kappa shape index (κ3) is 2.69.